The number of nitrogens with one attached hydrogen (secondary N) is 2. The highest BCUT2D eigenvalue weighted by Gasteiger charge is 2.21. The number of furan rings is 1. The molecule has 0 aliphatic carbocycles. The smallest absolute Gasteiger partial charge is 0.191 e. The fourth-order valence-corrected chi connectivity index (χ4v) is 3.52. The van der Waals surface area contributed by atoms with Crippen molar-refractivity contribution >= 4 is 16.9 Å². The van der Waals surface area contributed by atoms with Gasteiger partial charge in [0, 0.05) is 30.5 Å². The summed E-state index contributed by atoms with van der Waals surface area (Å²) in [6.45, 7) is 5.09. The van der Waals surface area contributed by atoms with Crippen molar-refractivity contribution in [3.8, 4) is 0 Å². The van der Waals surface area contributed by atoms with Gasteiger partial charge in [-0.05, 0) is 38.5 Å². The number of rotatable bonds is 3. The minimum Gasteiger partial charge on any atom is -0.459 e. The molecule has 2 N–H and O–H groups in total. The minimum atomic E-state index is -0.261. The molecule has 8 heteroatoms. The lowest BCUT2D eigenvalue weighted by molar-refractivity contribution is 0.391. The Morgan fingerprint density at radius 3 is 3.07 bits per heavy atom. The number of hydrogen-bond donors (Lipinski definition) is 2. The molecule has 0 saturated carbocycles. The Balaban J connectivity index is 1.41. The highest BCUT2D eigenvalue weighted by molar-refractivity contribution is 5.83. The second-order valence-electron chi connectivity index (χ2n) is 6.85. The molecule has 4 rings (SSSR count). The van der Waals surface area contributed by atoms with Crippen molar-refractivity contribution in [3.63, 3.8) is 0 Å². The Kier molecular flexibility index (Phi) is 4.55. The van der Waals surface area contributed by atoms with E-state index in [1.165, 1.54) is 12.1 Å². The van der Waals surface area contributed by atoms with E-state index in [9.17, 15) is 4.39 Å². The average molecular weight is 370 g/mol. The quantitative estimate of drug-likeness (QED) is 0.547. The molecule has 0 saturated heterocycles. The van der Waals surface area contributed by atoms with Gasteiger partial charge >= 0.3 is 0 Å². The van der Waals surface area contributed by atoms with Crippen molar-refractivity contribution in [3.05, 3.63) is 47.0 Å². The van der Waals surface area contributed by atoms with Gasteiger partial charge in [-0.1, -0.05) is 0 Å². The van der Waals surface area contributed by atoms with Gasteiger partial charge < -0.3 is 15.1 Å². The first-order chi connectivity index (χ1) is 13.0. The number of fused-ring (bicyclic) bond motifs is 2. The van der Waals surface area contributed by atoms with E-state index >= 15 is 0 Å². The topological polar surface area (TPSA) is 80.3 Å². The predicted octanol–water partition coefficient (Wildman–Crippen LogP) is 2.46. The van der Waals surface area contributed by atoms with Gasteiger partial charge in [-0.3, -0.25) is 4.99 Å². The highest BCUT2D eigenvalue weighted by Crippen LogP contribution is 2.25. The first-order valence-electron chi connectivity index (χ1n) is 9.08. The predicted molar refractivity (Wildman–Crippen MR) is 101 cm³/mol. The van der Waals surface area contributed by atoms with Gasteiger partial charge in [-0.15, -0.1) is 0 Å². The molecule has 1 unspecified atom stereocenters. The Bertz CT molecular complexity index is 1010. The molecule has 27 heavy (non-hydrogen) atoms. The molecule has 0 radical (unpaired) electrons. The number of guanidine groups is 1. The van der Waals surface area contributed by atoms with Crippen molar-refractivity contribution in [1.29, 1.82) is 0 Å². The molecule has 0 bridgehead atoms. The van der Waals surface area contributed by atoms with Crippen LogP contribution in [0.4, 0.5) is 4.39 Å². The third-order valence-corrected chi connectivity index (χ3v) is 4.94. The number of halogens is 1. The van der Waals surface area contributed by atoms with Crippen molar-refractivity contribution in [2.45, 2.75) is 45.8 Å². The molecule has 3 aromatic rings. The standard InChI is InChI=1S/C19H23FN6O/c1-11-15-8-13(20)4-6-16(15)27-17(11)9-22-19(21-3)24-14-5-7-18-23-12(2)25-26(18)10-14/h4,6,8,14H,5,7,9-10H2,1-3H3,(H2,21,22,24). The van der Waals surface area contributed by atoms with E-state index in [1.54, 1.807) is 13.1 Å². The fraction of sp³-hybridized carbons (Fsp3) is 0.421. The van der Waals surface area contributed by atoms with E-state index in [2.05, 4.69) is 25.7 Å². The molecule has 1 atom stereocenters. The Labute approximate surface area is 156 Å². The van der Waals surface area contributed by atoms with Crippen molar-refractivity contribution in [2.24, 2.45) is 4.99 Å². The summed E-state index contributed by atoms with van der Waals surface area (Å²) in [4.78, 5) is 8.74. The van der Waals surface area contributed by atoms with E-state index in [4.69, 9.17) is 4.42 Å². The molecule has 2 aromatic heterocycles. The maximum atomic E-state index is 13.5. The molecule has 142 valence electrons. The molecule has 1 aliphatic rings. The normalized spacial score (nSPS) is 17.2. The lowest BCUT2D eigenvalue weighted by Crippen LogP contribution is -2.46. The zero-order chi connectivity index (χ0) is 19.0. The zero-order valence-electron chi connectivity index (χ0n) is 15.7. The summed E-state index contributed by atoms with van der Waals surface area (Å²) in [5.74, 6) is 3.06. The van der Waals surface area contributed by atoms with Crippen molar-refractivity contribution in [1.82, 2.24) is 25.4 Å². The van der Waals surface area contributed by atoms with Crippen LogP contribution in [0.15, 0.2) is 27.6 Å². The van der Waals surface area contributed by atoms with Crippen LogP contribution in [0.3, 0.4) is 0 Å². The second-order valence-corrected chi connectivity index (χ2v) is 6.85. The summed E-state index contributed by atoms with van der Waals surface area (Å²) in [7, 11) is 1.74. The molecule has 7 nitrogen and oxygen atoms in total. The molecular weight excluding hydrogens is 347 g/mol. The Morgan fingerprint density at radius 1 is 1.41 bits per heavy atom. The number of hydrogen-bond acceptors (Lipinski definition) is 4. The first kappa shape index (κ1) is 17.5. The van der Waals surface area contributed by atoms with Gasteiger partial charge in [-0.25, -0.2) is 14.1 Å². The first-order valence-corrected chi connectivity index (χ1v) is 9.08. The summed E-state index contributed by atoms with van der Waals surface area (Å²) in [6.07, 6.45) is 1.87. The molecule has 1 aliphatic heterocycles. The summed E-state index contributed by atoms with van der Waals surface area (Å²) < 4.78 is 21.3. The molecule has 3 heterocycles. The number of aliphatic imine (C=N–C) groups is 1. The molecule has 0 fully saturated rings. The monoisotopic (exact) mass is 370 g/mol. The SMILES string of the molecule is CN=C(NCc1oc2ccc(F)cc2c1C)NC1CCc2nc(C)nn2C1. The molecule has 0 amide bonds. The van der Waals surface area contributed by atoms with Crippen LogP contribution in [-0.2, 0) is 19.5 Å². The number of nitrogens with zero attached hydrogens (tertiary/aromatic N) is 4. The zero-order valence-corrected chi connectivity index (χ0v) is 15.7. The third kappa shape index (κ3) is 3.51. The summed E-state index contributed by atoms with van der Waals surface area (Å²) in [5, 5.41) is 12.0. The van der Waals surface area contributed by atoms with Crippen LogP contribution >= 0.6 is 0 Å². The Hall–Kier alpha value is -2.90. The van der Waals surface area contributed by atoms with Gasteiger partial charge in [0.1, 0.15) is 28.8 Å². The number of aryl methyl sites for hydroxylation is 3. The van der Waals surface area contributed by atoms with Crippen LogP contribution in [-0.4, -0.2) is 33.8 Å². The van der Waals surface area contributed by atoms with Crippen LogP contribution in [0.25, 0.3) is 11.0 Å². The van der Waals surface area contributed by atoms with Crippen LogP contribution in [0.1, 0.15) is 29.4 Å². The fourth-order valence-electron chi connectivity index (χ4n) is 3.52. The van der Waals surface area contributed by atoms with E-state index in [-0.39, 0.29) is 11.9 Å². The summed E-state index contributed by atoms with van der Waals surface area (Å²) in [5.41, 5.74) is 1.63. The lowest BCUT2D eigenvalue weighted by Gasteiger charge is -2.25. The number of benzene rings is 1. The van der Waals surface area contributed by atoms with Crippen LogP contribution in [0, 0.1) is 19.7 Å². The maximum absolute atomic E-state index is 13.5. The van der Waals surface area contributed by atoms with Crippen LogP contribution in [0.2, 0.25) is 0 Å². The average Bonchev–Trinajstić information content (AvgIpc) is 3.17. The van der Waals surface area contributed by atoms with Crippen molar-refractivity contribution < 1.29 is 8.81 Å². The van der Waals surface area contributed by atoms with E-state index in [0.717, 1.165) is 47.7 Å². The maximum Gasteiger partial charge on any atom is 0.191 e. The van der Waals surface area contributed by atoms with E-state index < -0.39 is 0 Å². The summed E-state index contributed by atoms with van der Waals surface area (Å²) >= 11 is 0. The van der Waals surface area contributed by atoms with Gasteiger partial charge in [0.25, 0.3) is 0 Å². The van der Waals surface area contributed by atoms with E-state index in [0.29, 0.717) is 18.1 Å². The van der Waals surface area contributed by atoms with E-state index in [1.807, 2.05) is 18.5 Å². The molecular formula is C19H23FN6O. The molecule has 1 aromatic carbocycles. The lowest BCUT2D eigenvalue weighted by atomic mass is 10.1. The van der Waals surface area contributed by atoms with Gasteiger partial charge in [0.15, 0.2) is 5.96 Å². The third-order valence-electron chi connectivity index (χ3n) is 4.94. The van der Waals surface area contributed by atoms with Gasteiger partial charge in [0.2, 0.25) is 0 Å². The minimum absolute atomic E-state index is 0.232. The highest BCUT2D eigenvalue weighted by atomic mass is 19.1. The van der Waals surface area contributed by atoms with Crippen LogP contribution < -0.4 is 10.6 Å². The molecule has 0 spiro atoms. The van der Waals surface area contributed by atoms with Crippen molar-refractivity contribution in [2.75, 3.05) is 7.05 Å². The number of aromatic nitrogens is 3. The van der Waals surface area contributed by atoms with Crippen LogP contribution in [0.5, 0.6) is 0 Å². The second kappa shape index (κ2) is 7.02. The van der Waals surface area contributed by atoms with Gasteiger partial charge in [0.05, 0.1) is 13.1 Å². The summed E-state index contributed by atoms with van der Waals surface area (Å²) in [6, 6.07) is 4.81. The Morgan fingerprint density at radius 2 is 2.26 bits per heavy atom. The van der Waals surface area contributed by atoms with Gasteiger partial charge in [-0.2, -0.15) is 5.10 Å². The largest absolute Gasteiger partial charge is 0.459 e.